The number of alkyl halides is 2. The molecule has 1 saturated carbocycles. The highest BCUT2D eigenvalue weighted by Crippen LogP contribution is 2.46. The molecule has 1 N–H and O–H groups in total. The van der Waals surface area contributed by atoms with Crippen LogP contribution < -0.4 is 14.8 Å². The first-order chi connectivity index (χ1) is 17.8. The first-order valence-electron chi connectivity index (χ1n) is 11.9. The molecule has 0 radical (unpaired) electrons. The van der Waals surface area contributed by atoms with Crippen LogP contribution in [0.4, 0.5) is 14.6 Å². The number of carbonyl (C=O) groups excluding carboxylic acids is 1. The maximum absolute atomic E-state index is 14.0. The zero-order chi connectivity index (χ0) is 25.7. The number of hydrogen-bond donors (Lipinski definition) is 1. The lowest BCUT2D eigenvalue weighted by Crippen LogP contribution is -2.26. The van der Waals surface area contributed by atoms with E-state index >= 15 is 0 Å². The van der Waals surface area contributed by atoms with E-state index in [1.54, 1.807) is 30.7 Å². The van der Waals surface area contributed by atoms with Gasteiger partial charge in [0.1, 0.15) is 17.8 Å². The van der Waals surface area contributed by atoms with Gasteiger partial charge < -0.3 is 19.4 Å². The lowest BCUT2D eigenvalue weighted by Gasteiger charge is -2.12. The minimum absolute atomic E-state index is 0.0991. The molecule has 4 aromatic rings. The molecule has 1 aliphatic heterocycles. The van der Waals surface area contributed by atoms with Crippen molar-refractivity contribution in [2.24, 2.45) is 0 Å². The van der Waals surface area contributed by atoms with Crippen molar-refractivity contribution in [3.05, 3.63) is 66.2 Å². The Morgan fingerprint density at radius 1 is 1.14 bits per heavy atom. The van der Waals surface area contributed by atoms with Crippen molar-refractivity contribution in [1.29, 1.82) is 0 Å². The molecule has 188 valence electrons. The minimum Gasteiger partial charge on any atom is -0.395 e. The highest BCUT2D eigenvalue weighted by atomic mass is 19.3. The summed E-state index contributed by atoms with van der Waals surface area (Å²) in [5, 5.41) is 10.7. The molecule has 1 aliphatic carbocycles. The van der Waals surface area contributed by atoms with Gasteiger partial charge in [0.25, 0.3) is 5.91 Å². The van der Waals surface area contributed by atoms with Crippen molar-refractivity contribution in [2.45, 2.75) is 44.9 Å². The maximum Gasteiger partial charge on any atom is 0.586 e. The largest absolute Gasteiger partial charge is 0.586 e. The van der Waals surface area contributed by atoms with Crippen molar-refractivity contribution in [1.82, 2.24) is 24.7 Å². The summed E-state index contributed by atoms with van der Waals surface area (Å²) in [5.74, 6) is -0.0378. The topological polar surface area (TPSA) is 104 Å². The van der Waals surface area contributed by atoms with Gasteiger partial charge in [0.05, 0.1) is 5.56 Å². The Hall–Kier alpha value is -4.41. The van der Waals surface area contributed by atoms with Crippen molar-refractivity contribution in [3.63, 3.8) is 0 Å². The Balaban J connectivity index is 1.33. The number of benzene rings is 1. The molecule has 9 nitrogen and oxygen atoms in total. The van der Waals surface area contributed by atoms with E-state index in [-0.39, 0.29) is 28.9 Å². The number of hydrogen-bond acceptors (Lipinski definition) is 7. The van der Waals surface area contributed by atoms with Crippen LogP contribution >= 0.6 is 0 Å². The number of fused-ring (bicyclic) bond motifs is 1. The second-order valence-corrected chi connectivity index (χ2v) is 9.28. The van der Waals surface area contributed by atoms with Gasteiger partial charge in [0, 0.05) is 29.4 Å². The number of pyridine rings is 2. The minimum atomic E-state index is -3.89. The van der Waals surface area contributed by atoms with Crippen LogP contribution in [0.5, 0.6) is 11.5 Å². The first kappa shape index (κ1) is 23.0. The monoisotopic (exact) mass is 504 g/mol. The predicted octanol–water partition coefficient (Wildman–Crippen LogP) is 5.43. The number of aromatic nitrogens is 5. The molecule has 11 heteroatoms. The molecule has 3 aromatic heterocycles. The van der Waals surface area contributed by atoms with Crippen LogP contribution in [0.1, 0.15) is 54.7 Å². The lowest BCUT2D eigenvalue weighted by molar-refractivity contribution is -0.286. The molecule has 1 fully saturated rings. The first-order valence-corrected chi connectivity index (χ1v) is 11.9. The van der Waals surface area contributed by atoms with Crippen LogP contribution in [-0.4, -0.2) is 36.9 Å². The quantitative estimate of drug-likeness (QED) is 0.373. The van der Waals surface area contributed by atoms with E-state index in [2.05, 4.69) is 35.0 Å². The van der Waals surface area contributed by atoms with E-state index in [0.29, 0.717) is 28.6 Å². The van der Waals surface area contributed by atoms with Gasteiger partial charge in [-0.1, -0.05) is 12.1 Å². The van der Waals surface area contributed by atoms with Gasteiger partial charge in [0.2, 0.25) is 0 Å². The lowest BCUT2D eigenvalue weighted by atomic mass is 10.0. The molecule has 0 spiro atoms. The van der Waals surface area contributed by atoms with Crippen molar-refractivity contribution < 1.29 is 23.0 Å². The highest BCUT2D eigenvalue weighted by molar-refractivity contribution is 6.07. The highest BCUT2D eigenvalue weighted by Gasteiger charge is 2.45. The average molecular weight is 504 g/mol. The summed E-state index contributed by atoms with van der Waals surface area (Å²) in [6, 6.07) is 11.8. The van der Waals surface area contributed by atoms with Crippen molar-refractivity contribution in [2.75, 3.05) is 5.32 Å². The summed E-state index contributed by atoms with van der Waals surface area (Å²) in [6.45, 7) is 3.97. The molecule has 2 aliphatic rings. The Morgan fingerprint density at radius 3 is 2.70 bits per heavy atom. The number of ether oxygens (including phenoxy) is 2. The summed E-state index contributed by atoms with van der Waals surface area (Å²) < 4.78 is 39.2. The fraction of sp³-hybridized carbons (Fsp3) is 0.269. The van der Waals surface area contributed by atoms with Crippen molar-refractivity contribution in [3.8, 4) is 34.1 Å². The number of amides is 1. The molecule has 1 amide bonds. The normalized spacial score (nSPS) is 15.7. The molecule has 0 bridgehead atoms. The number of rotatable bonds is 6. The molecule has 0 saturated heterocycles. The van der Waals surface area contributed by atoms with Gasteiger partial charge in [-0.3, -0.25) is 9.78 Å². The van der Waals surface area contributed by atoms with Crippen LogP contribution in [-0.2, 0) is 0 Å². The number of anilines is 1. The number of nitrogens with zero attached hydrogens (tertiary/aromatic N) is 5. The van der Waals surface area contributed by atoms with E-state index in [0.717, 1.165) is 18.5 Å². The van der Waals surface area contributed by atoms with E-state index in [1.807, 2.05) is 30.5 Å². The SMILES string of the molecule is CC(C)n1cnnc1-c1cccc(NC(=O)c2cc(-c3ccc(C4CC4)nc3)cc3c2OC(F)(F)O3)n1. The van der Waals surface area contributed by atoms with Gasteiger partial charge in [0.15, 0.2) is 17.3 Å². The summed E-state index contributed by atoms with van der Waals surface area (Å²) >= 11 is 0. The molecule has 4 heterocycles. The molecular weight excluding hydrogens is 482 g/mol. The summed E-state index contributed by atoms with van der Waals surface area (Å²) in [7, 11) is 0. The van der Waals surface area contributed by atoms with Gasteiger partial charge in [-0.15, -0.1) is 19.0 Å². The summed E-state index contributed by atoms with van der Waals surface area (Å²) in [6.07, 6.45) is 1.61. The maximum atomic E-state index is 14.0. The second kappa shape index (κ2) is 8.61. The Morgan fingerprint density at radius 2 is 1.97 bits per heavy atom. The average Bonchev–Trinajstić information content (AvgIpc) is 3.50. The zero-order valence-electron chi connectivity index (χ0n) is 20.0. The number of carbonyl (C=O) groups is 1. The van der Waals surface area contributed by atoms with Crippen LogP contribution in [0.15, 0.2) is 55.0 Å². The standard InChI is InChI=1S/C26H22F2N6O3/c1-14(2)34-13-30-33-24(34)20-4-3-5-22(31-20)32-25(35)18-10-17(11-21-23(18)37-26(27,28)36-21)16-8-9-19(29-12-16)15-6-7-15/h3-5,8-15H,6-7H2,1-2H3,(H,31,32,35). The molecule has 0 unspecified atom stereocenters. The second-order valence-electron chi connectivity index (χ2n) is 9.28. The van der Waals surface area contributed by atoms with Crippen LogP contribution in [0.25, 0.3) is 22.6 Å². The van der Waals surface area contributed by atoms with Gasteiger partial charge in [-0.05, 0) is 62.6 Å². The zero-order valence-corrected chi connectivity index (χ0v) is 20.0. The third-order valence-corrected chi connectivity index (χ3v) is 6.21. The predicted molar refractivity (Wildman–Crippen MR) is 129 cm³/mol. The molecular formula is C26H22F2N6O3. The van der Waals surface area contributed by atoms with E-state index in [1.165, 1.54) is 12.1 Å². The van der Waals surface area contributed by atoms with Crippen molar-refractivity contribution >= 4 is 11.7 Å². The molecule has 0 atom stereocenters. The van der Waals surface area contributed by atoms with E-state index in [4.69, 9.17) is 0 Å². The molecule has 1 aromatic carbocycles. The number of halogens is 2. The molecule has 37 heavy (non-hydrogen) atoms. The van der Waals surface area contributed by atoms with E-state index < -0.39 is 12.2 Å². The summed E-state index contributed by atoms with van der Waals surface area (Å²) in [5.41, 5.74) is 2.53. The third kappa shape index (κ3) is 4.48. The van der Waals surface area contributed by atoms with Gasteiger partial charge in [-0.25, -0.2) is 4.98 Å². The fourth-order valence-electron chi connectivity index (χ4n) is 4.20. The summed E-state index contributed by atoms with van der Waals surface area (Å²) in [4.78, 5) is 22.3. The van der Waals surface area contributed by atoms with E-state index in [9.17, 15) is 13.6 Å². The molecule has 6 rings (SSSR count). The van der Waals surface area contributed by atoms with Crippen LogP contribution in [0, 0.1) is 0 Å². The van der Waals surface area contributed by atoms with Gasteiger partial charge >= 0.3 is 6.29 Å². The third-order valence-electron chi connectivity index (χ3n) is 6.21. The number of nitrogens with one attached hydrogen (secondary N) is 1. The van der Waals surface area contributed by atoms with Crippen LogP contribution in [0.2, 0.25) is 0 Å². The smallest absolute Gasteiger partial charge is 0.395 e. The Bertz CT molecular complexity index is 1500. The Labute approximate surface area is 210 Å². The van der Waals surface area contributed by atoms with Gasteiger partial charge in [-0.2, -0.15) is 0 Å². The van der Waals surface area contributed by atoms with Crippen LogP contribution in [0.3, 0.4) is 0 Å². The Kier molecular flexibility index (Phi) is 5.36. The fourth-order valence-corrected chi connectivity index (χ4v) is 4.20.